The van der Waals surface area contributed by atoms with Crippen molar-refractivity contribution in [2.45, 2.75) is 26.9 Å². The topological polar surface area (TPSA) is 36.4 Å². The normalized spacial score (nSPS) is 12.9. The van der Waals surface area contributed by atoms with Crippen molar-refractivity contribution < 1.29 is 5.11 Å². The van der Waals surface area contributed by atoms with E-state index in [9.17, 15) is 5.11 Å². The van der Waals surface area contributed by atoms with Crippen molar-refractivity contribution in [2.24, 2.45) is 5.92 Å². The number of anilines is 1. The van der Waals surface area contributed by atoms with Gasteiger partial charge in [-0.2, -0.15) is 0 Å². The van der Waals surface area contributed by atoms with Crippen molar-refractivity contribution in [3.05, 3.63) is 24.0 Å². The van der Waals surface area contributed by atoms with E-state index in [0.717, 1.165) is 17.9 Å². The van der Waals surface area contributed by atoms with Crippen LogP contribution in [0.4, 0.5) is 5.69 Å². The summed E-state index contributed by atoms with van der Waals surface area (Å²) in [5.41, 5.74) is 1.81. The SMILES string of the molecule is CC(C)CN(C)c1ccc(C(C)O)nc1. The van der Waals surface area contributed by atoms with Crippen LogP contribution in [-0.4, -0.2) is 23.7 Å². The smallest absolute Gasteiger partial charge is 0.0931 e. The van der Waals surface area contributed by atoms with Gasteiger partial charge in [0.05, 0.1) is 23.7 Å². The summed E-state index contributed by atoms with van der Waals surface area (Å²) in [4.78, 5) is 6.39. The number of pyridine rings is 1. The van der Waals surface area contributed by atoms with Gasteiger partial charge < -0.3 is 10.0 Å². The van der Waals surface area contributed by atoms with Crippen LogP contribution in [0.5, 0.6) is 0 Å². The van der Waals surface area contributed by atoms with Gasteiger partial charge in [0, 0.05) is 13.6 Å². The fourth-order valence-electron chi connectivity index (χ4n) is 1.52. The molecule has 0 aliphatic carbocycles. The molecule has 0 aliphatic heterocycles. The third-order valence-electron chi connectivity index (χ3n) is 2.28. The lowest BCUT2D eigenvalue weighted by Crippen LogP contribution is -2.22. The minimum atomic E-state index is -0.491. The maximum absolute atomic E-state index is 9.32. The van der Waals surface area contributed by atoms with E-state index in [1.165, 1.54) is 0 Å². The Morgan fingerprint density at radius 1 is 1.33 bits per heavy atom. The van der Waals surface area contributed by atoms with Crippen LogP contribution in [0.3, 0.4) is 0 Å². The van der Waals surface area contributed by atoms with Crippen molar-refractivity contribution >= 4 is 5.69 Å². The van der Waals surface area contributed by atoms with E-state index in [1.807, 2.05) is 18.3 Å². The quantitative estimate of drug-likeness (QED) is 0.824. The molecule has 3 nitrogen and oxygen atoms in total. The van der Waals surface area contributed by atoms with E-state index in [0.29, 0.717) is 5.92 Å². The molecule has 0 aliphatic rings. The van der Waals surface area contributed by atoms with Crippen LogP contribution in [-0.2, 0) is 0 Å². The second-order valence-corrected chi connectivity index (χ2v) is 4.39. The molecule has 1 N–H and O–H groups in total. The monoisotopic (exact) mass is 208 g/mol. The van der Waals surface area contributed by atoms with Gasteiger partial charge in [-0.05, 0) is 25.0 Å². The Labute approximate surface area is 91.8 Å². The zero-order chi connectivity index (χ0) is 11.4. The number of rotatable bonds is 4. The molecule has 0 amide bonds. The van der Waals surface area contributed by atoms with E-state index in [4.69, 9.17) is 0 Å². The highest BCUT2D eigenvalue weighted by atomic mass is 16.3. The molecule has 0 saturated carbocycles. The molecule has 1 unspecified atom stereocenters. The van der Waals surface area contributed by atoms with E-state index in [1.54, 1.807) is 6.92 Å². The van der Waals surface area contributed by atoms with Gasteiger partial charge in [0.25, 0.3) is 0 Å². The molecule has 0 saturated heterocycles. The number of aliphatic hydroxyl groups excluding tert-OH is 1. The standard InChI is InChI=1S/C12H20N2O/c1-9(2)8-14(4)11-5-6-12(10(3)15)13-7-11/h5-7,9-10,15H,8H2,1-4H3. The van der Waals surface area contributed by atoms with Crippen molar-refractivity contribution in [3.63, 3.8) is 0 Å². The van der Waals surface area contributed by atoms with Gasteiger partial charge in [-0.3, -0.25) is 4.98 Å². The van der Waals surface area contributed by atoms with E-state index >= 15 is 0 Å². The molecule has 0 bridgehead atoms. The lowest BCUT2D eigenvalue weighted by Gasteiger charge is -2.21. The van der Waals surface area contributed by atoms with Crippen LogP contribution in [0.1, 0.15) is 32.6 Å². The van der Waals surface area contributed by atoms with Gasteiger partial charge in [0.2, 0.25) is 0 Å². The van der Waals surface area contributed by atoms with Crippen molar-refractivity contribution in [1.29, 1.82) is 0 Å². The van der Waals surface area contributed by atoms with Crippen LogP contribution in [0.2, 0.25) is 0 Å². The second-order valence-electron chi connectivity index (χ2n) is 4.39. The maximum Gasteiger partial charge on any atom is 0.0931 e. The number of aromatic nitrogens is 1. The van der Waals surface area contributed by atoms with Crippen molar-refractivity contribution in [2.75, 3.05) is 18.5 Å². The van der Waals surface area contributed by atoms with Crippen molar-refractivity contribution in [1.82, 2.24) is 4.98 Å². The summed E-state index contributed by atoms with van der Waals surface area (Å²) in [5.74, 6) is 0.631. The Hall–Kier alpha value is -1.09. The highest BCUT2D eigenvalue weighted by Gasteiger charge is 2.05. The van der Waals surface area contributed by atoms with Gasteiger partial charge >= 0.3 is 0 Å². The summed E-state index contributed by atoms with van der Waals surface area (Å²) >= 11 is 0. The van der Waals surface area contributed by atoms with E-state index in [2.05, 4.69) is 30.8 Å². The summed E-state index contributed by atoms with van der Waals surface area (Å²) < 4.78 is 0. The minimum absolute atomic E-state index is 0.491. The fourth-order valence-corrected chi connectivity index (χ4v) is 1.52. The summed E-state index contributed by atoms with van der Waals surface area (Å²) in [5, 5.41) is 9.32. The van der Waals surface area contributed by atoms with Crippen LogP contribution in [0.15, 0.2) is 18.3 Å². The van der Waals surface area contributed by atoms with Crippen LogP contribution in [0, 0.1) is 5.92 Å². The summed E-state index contributed by atoms with van der Waals surface area (Å²) in [7, 11) is 2.05. The first-order chi connectivity index (χ1) is 7.00. The van der Waals surface area contributed by atoms with Crippen LogP contribution in [0.25, 0.3) is 0 Å². The lowest BCUT2D eigenvalue weighted by atomic mass is 10.2. The average Bonchev–Trinajstić information content (AvgIpc) is 2.17. The summed E-state index contributed by atoms with van der Waals surface area (Å²) in [6.45, 7) is 7.11. The first-order valence-electron chi connectivity index (χ1n) is 5.36. The first-order valence-corrected chi connectivity index (χ1v) is 5.36. The molecule has 1 heterocycles. The fraction of sp³-hybridized carbons (Fsp3) is 0.583. The van der Waals surface area contributed by atoms with Gasteiger partial charge in [-0.1, -0.05) is 13.8 Å². The Balaban J connectivity index is 2.71. The average molecular weight is 208 g/mol. The Morgan fingerprint density at radius 3 is 2.40 bits per heavy atom. The number of aliphatic hydroxyl groups is 1. The molecule has 0 fully saturated rings. The summed E-state index contributed by atoms with van der Waals surface area (Å²) in [6.07, 6.45) is 1.32. The third kappa shape index (κ3) is 3.51. The zero-order valence-electron chi connectivity index (χ0n) is 9.94. The summed E-state index contributed by atoms with van der Waals surface area (Å²) in [6, 6.07) is 3.87. The molecule has 3 heteroatoms. The van der Waals surface area contributed by atoms with Crippen LogP contribution < -0.4 is 4.90 Å². The van der Waals surface area contributed by atoms with Gasteiger partial charge in [0.15, 0.2) is 0 Å². The number of hydrogen-bond donors (Lipinski definition) is 1. The highest BCUT2D eigenvalue weighted by Crippen LogP contribution is 2.15. The van der Waals surface area contributed by atoms with E-state index in [-0.39, 0.29) is 0 Å². The number of nitrogens with zero attached hydrogens (tertiary/aromatic N) is 2. The highest BCUT2D eigenvalue weighted by molar-refractivity contribution is 5.43. The van der Waals surface area contributed by atoms with E-state index < -0.39 is 6.10 Å². The maximum atomic E-state index is 9.32. The zero-order valence-corrected chi connectivity index (χ0v) is 9.94. The first kappa shape index (κ1) is 12.0. The molecule has 1 rings (SSSR count). The molecule has 0 radical (unpaired) electrons. The molecule has 1 aromatic heterocycles. The van der Waals surface area contributed by atoms with Gasteiger partial charge in [-0.25, -0.2) is 0 Å². The molecule has 15 heavy (non-hydrogen) atoms. The molecule has 0 spiro atoms. The Morgan fingerprint density at radius 2 is 2.00 bits per heavy atom. The molecular formula is C12H20N2O. The van der Waals surface area contributed by atoms with Gasteiger partial charge in [-0.15, -0.1) is 0 Å². The van der Waals surface area contributed by atoms with Crippen LogP contribution >= 0.6 is 0 Å². The molecule has 1 aromatic rings. The predicted octanol–water partition coefficient (Wildman–Crippen LogP) is 2.23. The predicted molar refractivity (Wildman–Crippen MR) is 63.0 cm³/mol. The lowest BCUT2D eigenvalue weighted by molar-refractivity contribution is 0.194. The number of hydrogen-bond acceptors (Lipinski definition) is 3. The Kier molecular flexibility index (Phi) is 4.09. The largest absolute Gasteiger partial charge is 0.387 e. The van der Waals surface area contributed by atoms with Gasteiger partial charge in [0.1, 0.15) is 0 Å². The minimum Gasteiger partial charge on any atom is -0.387 e. The molecule has 1 atom stereocenters. The second kappa shape index (κ2) is 5.12. The Bertz CT molecular complexity index is 293. The third-order valence-corrected chi connectivity index (χ3v) is 2.28. The van der Waals surface area contributed by atoms with Crippen molar-refractivity contribution in [3.8, 4) is 0 Å². The molecule has 84 valence electrons. The molecular weight excluding hydrogens is 188 g/mol. The molecule has 0 aromatic carbocycles.